The fraction of sp³-hybridized carbons (Fsp3) is 0.250. The molecule has 3 rings (SSSR count). The van der Waals surface area contributed by atoms with Gasteiger partial charge in [-0.15, -0.1) is 11.3 Å². The molecule has 1 aliphatic rings. The van der Waals surface area contributed by atoms with Gasteiger partial charge in [-0.2, -0.15) is 5.10 Å². The van der Waals surface area contributed by atoms with Gasteiger partial charge in [-0.25, -0.2) is 5.01 Å². The molecule has 0 radical (unpaired) electrons. The molecule has 2 heterocycles. The van der Waals surface area contributed by atoms with Gasteiger partial charge in [0.05, 0.1) is 16.6 Å². The Hall–Kier alpha value is -1.94. The van der Waals surface area contributed by atoms with Gasteiger partial charge < -0.3 is 0 Å². The number of carbonyl (C=O) groups excluding carboxylic acids is 1. The molecule has 0 saturated carbocycles. The van der Waals surface area contributed by atoms with E-state index in [9.17, 15) is 4.79 Å². The van der Waals surface area contributed by atoms with E-state index in [1.165, 1.54) is 5.56 Å². The molecule has 2 aromatic rings. The van der Waals surface area contributed by atoms with Gasteiger partial charge in [0.25, 0.3) is 0 Å². The third-order valence-corrected chi connectivity index (χ3v) is 4.42. The maximum atomic E-state index is 11.8. The second-order valence-electron chi connectivity index (χ2n) is 5.02. The molecule has 1 amide bonds. The van der Waals surface area contributed by atoms with Crippen molar-refractivity contribution >= 4 is 23.0 Å². The molecule has 0 bridgehead atoms. The topological polar surface area (TPSA) is 32.7 Å². The molecule has 1 aromatic carbocycles. The maximum absolute atomic E-state index is 11.8. The van der Waals surface area contributed by atoms with Gasteiger partial charge in [0.2, 0.25) is 5.91 Å². The lowest BCUT2D eigenvalue weighted by Crippen LogP contribution is -2.24. The Kier molecular flexibility index (Phi) is 3.40. The summed E-state index contributed by atoms with van der Waals surface area (Å²) in [6, 6.07) is 12.4. The molecule has 1 atom stereocenters. The van der Waals surface area contributed by atoms with Crippen LogP contribution in [-0.2, 0) is 4.79 Å². The highest BCUT2D eigenvalue weighted by atomic mass is 32.1. The summed E-state index contributed by atoms with van der Waals surface area (Å²) < 4.78 is 0. The third kappa shape index (κ3) is 2.39. The van der Waals surface area contributed by atoms with E-state index in [1.807, 2.05) is 11.4 Å². The van der Waals surface area contributed by atoms with Crippen LogP contribution in [0.25, 0.3) is 0 Å². The minimum atomic E-state index is -0.0119. The van der Waals surface area contributed by atoms with Crippen LogP contribution in [0.4, 0.5) is 0 Å². The molecule has 0 aliphatic carbocycles. The van der Waals surface area contributed by atoms with E-state index in [4.69, 9.17) is 0 Å². The molecular weight excluding hydrogens is 268 g/mol. The largest absolute Gasteiger partial charge is 0.273 e. The van der Waals surface area contributed by atoms with Crippen molar-refractivity contribution in [3.05, 3.63) is 57.8 Å². The molecule has 0 N–H and O–H groups in total. The molecule has 4 heteroatoms. The second-order valence-corrected chi connectivity index (χ2v) is 5.97. The van der Waals surface area contributed by atoms with Gasteiger partial charge in [-0.3, -0.25) is 4.79 Å². The van der Waals surface area contributed by atoms with Gasteiger partial charge in [0.1, 0.15) is 0 Å². The minimum Gasteiger partial charge on any atom is -0.273 e. The Morgan fingerprint density at radius 2 is 2.05 bits per heavy atom. The van der Waals surface area contributed by atoms with Crippen LogP contribution in [0.3, 0.4) is 0 Å². The predicted octanol–water partition coefficient (Wildman–Crippen LogP) is 3.75. The first-order chi connectivity index (χ1) is 9.65. The number of benzene rings is 1. The lowest BCUT2D eigenvalue weighted by Gasteiger charge is -2.20. The van der Waals surface area contributed by atoms with Gasteiger partial charge in [0.15, 0.2) is 0 Å². The third-order valence-electron chi connectivity index (χ3n) is 3.50. The molecule has 1 aliphatic heterocycles. The molecule has 0 saturated heterocycles. The molecule has 20 heavy (non-hydrogen) atoms. The zero-order valence-electron chi connectivity index (χ0n) is 11.5. The Balaban J connectivity index is 1.93. The normalized spacial score (nSPS) is 18.2. The number of aryl methyl sites for hydroxylation is 1. The van der Waals surface area contributed by atoms with Crippen LogP contribution in [0.15, 0.2) is 46.9 Å². The Morgan fingerprint density at radius 1 is 1.30 bits per heavy atom. The fourth-order valence-electron chi connectivity index (χ4n) is 2.44. The summed E-state index contributed by atoms with van der Waals surface area (Å²) in [4.78, 5) is 13.0. The SMILES string of the molecule is CC(=O)N1N=C(c2cccs2)C[C@@H]1c1ccc(C)cc1. The van der Waals surface area contributed by atoms with Crippen LogP contribution in [0.5, 0.6) is 0 Å². The zero-order chi connectivity index (χ0) is 14.1. The van der Waals surface area contributed by atoms with E-state index < -0.39 is 0 Å². The number of carbonyl (C=O) groups is 1. The van der Waals surface area contributed by atoms with Crippen LogP contribution in [0.1, 0.15) is 35.4 Å². The van der Waals surface area contributed by atoms with Crippen LogP contribution in [0.2, 0.25) is 0 Å². The van der Waals surface area contributed by atoms with E-state index in [0.717, 1.165) is 22.6 Å². The average Bonchev–Trinajstić information content (AvgIpc) is 3.08. The van der Waals surface area contributed by atoms with Crippen molar-refractivity contribution in [3.63, 3.8) is 0 Å². The smallest absolute Gasteiger partial charge is 0.240 e. The maximum Gasteiger partial charge on any atom is 0.240 e. The highest BCUT2D eigenvalue weighted by molar-refractivity contribution is 7.12. The molecule has 0 unspecified atom stereocenters. The van der Waals surface area contributed by atoms with Crippen molar-refractivity contribution in [2.24, 2.45) is 5.10 Å². The molecule has 0 fully saturated rings. The number of hydrazone groups is 1. The van der Waals surface area contributed by atoms with Crippen molar-refractivity contribution in [2.45, 2.75) is 26.3 Å². The highest BCUT2D eigenvalue weighted by Crippen LogP contribution is 2.33. The van der Waals surface area contributed by atoms with E-state index in [1.54, 1.807) is 23.3 Å². The summed E-state index contributed by atoms with van der Waals surface area (Å²) in [7, 11) is 0. The number of hydrogen-bond acceptors (Lipinski definition) is 3. The van der Waals surface area contributed by atoms with Crippen molar-refractivity contribution in [1.29, 1.82) is 0 Å². The standard InChI is InChI=1S/C16H16N2OS/c1-11-5-7-13(8-6-11)15-10-14(16-4-3-9-20-16)17-18(15)12(2)19/h3-9,15H,10H2,1-2H3/t15-/m1/s1. The van der Waals surface area contributed by atoms with E-state index in [-0.39, 0.29) is 11.9 Å². The first-order valence-electron chi connectivity index (χ1n) is 6.63. The minimum absolute atomic E-state index is 0.0119. The summed E-state index contributed by atoms with van der Waals surface area (Å²) in [5, 5.41) is 8.17. The lowest BCUT2D eigenvalue weighted by atomic mass is 10.00. The van der Waals surface area contributed by atoms with Crippen LogP contribution in [0, 0.1) is 6.92 Å². The first kappa shape index (κ1) is 13.1. The second kappa shape index (κ2) is 5.21. The number of thiophene rings is 1. The molecule has 3 nitrogen and oxygen atoms in total. The number of hydrogen-bond donors (Lipinski definition) is 0. The van der Waals surface area contributed by atoms with Crippen molar-refractivity contribution in [3.8, 4) is 0 Å². The van der Waals surface area contributed by atoms with E-state index in [0.29, 0.717) is 0 Å². The van der Waals surface area contributed by atoms with Crippen molar-refractivity contribution < 1.29 is 4.79 Å². The Bertz CT molecular complexity index is 644. The van der Waals surface area contributed by atoms with Gasteiger partial charge in [-0.05, 0) is 23.9 Å². The van der Waals surface area contributed by atoms with E-state index in [2.05, 4.69) is 42.4 Å². The van der Waals surface area contributed by atoms with Gasteiger partial charge in [-0.1, -0.05) is 35.9 Å². The van der Waals surface area contributed by atoms with Crippen molar-refractivity contribution in [2.75, 3.05) is 0 Å². The Morgan fingerprint density at radius 3 is 2.65 bits per heavy atom. The monoisotopic (exact) mass is 284 g/mol. The van der Waals surface area contributed by atoms with Gasteiger partial charge >= 0.3 is 0 Å². The summed E-state index contributed by atoms with van der Waals surface area (Å²) in [5.74, 6) is -0.0119. The summed E-state index contributed by atoms with van der Waals surface area (Å²) >= 11 is 1.66. The lowest BCUT2D eigenvalue weighted by molar-refractivity contribution is -0.130. The summed E-state index contributed by atoms with van der Waals surface area (Å²) in [6.45, 7) is 3.64. The number of rotatable bonds is 2. The summed E-state index contributed by atoms with van der Waals surface area (Å²) in [5.41, 5.74) is 3.36. The zero-order valence-corrected chi connectivity index (χ0v) is 12.4. The molecular formula is C16H16N2OS. The average molecular weight is 284 g/mol. The predicted molar refractivity (Wildman–Crippen MR) is 81.9 cm³/mol. The molecule has 102 valence electrons. The van der Waals surface area contributed by atoms with Crippen LogP contribution >= 0.6 is 11.3 Å². The quantitative estimate of drug-likeness (QED) is 0.826. The van der Waals surface area contributed by atoms with Crippen LogP contribution in [-0.4, -0.2) is 16.6 Å². The molecule has 1 aromatic heterocycles. The van der Waals surface area contributed by atoms with E-state index >= 15 is 0 Å². The number of nitrogens with zero attached hydrogens (tertiary/aromatic N) is 2. The van der Waals surface area contributed by atoms with Gasteiger partial charge in [0, 0.05) is 13.3 Å². The first-order valence-corrected chi connectivity index (χ1v) is 7.51. The Labute approximate surface area is 122 Å². The number of amides is 1. The van der Waals surface area contributed by atoms with Crippen molar-refractivity contribution in [1.82, 2.24) is 5.01 Å². The summed E-state index contributed by atoms with van der Waals surface area (Å²) in [6.07, 6.45) is 0.781. The fourth-order valence-corrected chi connectivity index (χ4v) is 3.16. The van der Waals surface area contributed by atoms with Crippen LogP contribution < -0.4 is 0 Å². The highest BCUT2D eigenvalue weighted by Gasteiger charge is 2.31. The molecule has 0 spiro atoms.